The van der Waals surface area contributed by atoms with Crippen molar-refractivity contribution in [1.29, 1.82) is 0 Å². The van der Waals surface area contributed by atoms with Gasteiger partial charge in [-0.05, 0) is 61.7 Å². The molecule has 154 valence electrons. The van der Waals surface area contributed by atoms with Crippen molar-refractivity contribution in [1.82, 2.24) is 4.90 Å². The third kappa shape index (κ3) is 3.91. The highest BCUT2D eigenvalue weighted by molar-refractivity contribution is 5.74. The number of hydrogen-bond acceptors (Lipinski definition) is 4. The van der Waals surface area contributed by atoms with Crippen molar-refractivity contribution < 1.29 is 23.0 Å². The van der Waals surface area contributed by atoms with E-state index >= 15 is 0 Å². The monoisotopic (exact) mass is 401 g/mol. The molecule has 0 amide bonds. The van der Waals surface area contributed by atoms with Crippen LogP contribution in [0.2, 0.25) is 0 Å². The molecule has 2 aromatic carbocycles. The molecule has 0 saturated carbocycles. The van der Waals surface area contributed by atoms with E-state index in [2.05, 4.69) is 4.90 Å². The van der Waals surface area contributed by atoms with Gasteiger partial charge in [0.1, 0.15) is 17.7 Å². The molecule has 2 bridgehead atoms. The van der Waals surface area contributed by atoms with E-state index in [1.165, 1.54) is 31.4 Å². The van der Waals surface area contributed by atoms with E-state index in [1.54, 1.807) is 24.3 Å². The maximum Gasteiger partial charge on any atom is 0.312 e. The van der Waals surface area contributed by atoms with Crippen LogP contribution in [-0.2, 0) is 14.3 Å². The average Bonchev–Trinajstić information content (AvgIpc) is 2.96. The molecular weight excluding hydrogens is 376 g/mol. The summed E-state index contributed by atoms with van der Waals surface area (Å²) >= 11 is 0. The van der Waals surface area contributed by atoms with Gasteiger partial charge in [0.25, 0.3) is 0 Å². The van der Waals surface area contributed by atoms with Crippen LogP contribution in [0.25, 0.3) is 0 Å². The average molecular weight is 401 g/mol. The summed E-state index contributed by atoms with van der Waals surface area (Å²) in [5, 5.41) is 0. The molecule has 2 unspecified atom stereocenters. The molecule has 0 spiro atoms. The van der Waals surface area contributed by atoms with E-state index in [0.717, 1.165) is 24.0 Å². The van der Waals surface area contributed by atoms with Crippen molar-refractivity contribution in [2.45, 2.75) is 43.6 Å². The fourth-order valence-corrected chi connectivity index (χ4v) is 4.81. The molecule has 2 fully saturated rings. The van der Waals surface area contributed by atoms with Crippen LogP contribution in [0.4, 0.5) is 8.78 Å². The number of carbonyl (C=O) groups is 1. The zero-order valence-corrected chi connectivity index (χ0v) is 16.6. The minimum Gasteiger partial charge on any atom is -0.469 e. The molecule has 2 heterocycles. The molecular formula is C23H25F2NO3. The van der Waals surface area contributed by atoms with Gasteiger partial charge in [0.2, 0.25) is 0 Å². The first-order valence-corrected chi connectivity index (χ1v) is 9.94. The molecule has 4 rings (SSSR count). The lowest BCUT2D eigenvalue weighted by molar-refractivity contribution is -0.162. The number of fused-ring (bicyclic) bond motifs is 2. The second kappa shape index (κ2) is 8.20. The lowest BCUT2D eigenvalue weighted by atomic mass is 9.87. The van der Waals surface area contributed by atoms with Gasteiger partial charge >= 0.3 is 5.97 Å². The predicted molar refractivity (Wildman–Crippen MR) is 104 cm³/mol. The van der Waals surface area contributed by atoms with Crippen molar-refractivity contribution in [3.05, 3.63) is 71.3 Å². The maximum absolute atomic E-state index is 13.5. The summed E-state index contributed by atoms with van der Waals surface area (Å²) in [6, 6.07) is 12.6. The van der Waals surface area contributed by atoms with Crippen molar-refractivity contribution in [3.63, 3.8) is 0 Å². The fraction of sp³-hybridized carbons (Fsp3) is 0.435. The quantitative estimate of drug-likeness (QED) is 0.708. The van der Waals surface area contributed by atoms with E-state index in [1.807, 2.05) is 7.05 Å². The molecule has 0 N–H and O–H groups in total. The Morgan fingerprint density at radius 3 is 2.07 bits per heavy atom. The number of rotatable bonds is 5. The Balaban J connectivity index is 1.68. The summed E-state index contributed by atoms with van der Waals surface area (Å²) in [4.78, 5) is 14.9. The second-order valence-corrected chi connectivity index (χ2v) is 7.91. The minimum absolute atomic E-state index is 0.0771. The van der Waals surface area contributed by atoms with Crippen molar-refractivity contribution in [3.8, 4) is 0 Å². The molecule has 2 aliphatic heterocycles. The highest BCUT2D eigenvalue weighted by atomic mass is 19.1. The Hall–Kier alpha value is -2.31. The highest BCUT2D eigenvalue weighted by Gasteiger charge is 2.50. The van der Waals surface area contributed by atoms with Crippen LogP contribution in [0.3, 0.4) is 0 Å². The summed E-state index contributed by atoms with van der Waals surface area (Å²) in [5.41, 5.74) is 1.51. The summed E-state index contributed by atoms with van der Waals surface area (Å²) in [5.74, 6) is -1.34. The molecule has 0 aliphatic carbocycles. The number of esters is 1. The topological polar surface area (TPSA) is 38.8 Å². The first-order valence-electron chi connectivity index (χ1n) is 9.94. The van der Waals surface area contributed by atoms with E-state index in [-0.39, 0.29) is 29.7 Å². The Kier molecular flexibility index (Phi) is 5.65. The van der Waals surface area contributed by atoms with Gasteiger partial charge in [0.15, 0.2) is 0 Å². The molecule has 4 nitrogen and oxygen atoms in total. The van der Waals surface area contributed by atoms with Gasteiger partial charge in [0, 0.05) is 12.1 Å². The number of carbonyl (C=O) groups excluding carboxylic acids is 1. The van der Waals surface area contributed by atoms with Crippen LogP contribution in [-0.4, -0.2) is 43.2 Å². The molecule has 29 heavy (non-hydrogen) atoms. The summed E-state index contributed by atoms with van der Waals surface area (Å²) in [6.07, 6.45) is 1.80. The fourth-order valence-electron chi connectivity index (χ4n) is 4.81. The van der Waals surface area contributed by atoms with E-state index < -0.39 is 12.0 Å². The van der Waals surface area contributed by atoms with E-state index in [0.29, 0.717) is 12.5 Å². The molecule has 2 saturated heterocycles. The van der Waals surface area contributed by atoms with Crippen LogP contribution >= 0.6 is 0 Å². The smallest absolute Gasteiger partial charge is 0.312 e. The lowest BCUT2D eigenvalue weighted by Gasteiger charge is -2.42. The molecule has 2 aliphatic rings. The minimum atomic E-state index is -0.531. The highest BCUT2D eigenvalue weighted by Crippen LogP contribution is 2.42. The zero-order chi connectivity index (χ0) is 20.5. The SMILES string of the molecule is COC(=O)C1C2CC[C@H](C[C@@H]1OC(c1ccc(F)cc1)c1ccc(F)cc1)N2C. The zero-order valence-electron chi connectivity index (χ0n) is 16.6. The van der Waals surface area contributed by atoms with Crippen molar-refractivity contribution in [2.75, 3.05) is 14.2 Å². The summed E-state index contributed by atoms with van der Waals surface area (Å²) in [6.45, 7) is 0. The van der Waals surface area contributed by atoms with Gasteiger partial charge in [-0.25, -0.2) is 8.78 Å². The van der Waals surface area contributed by atoms with Gasteiger partial charge in [-0.15, -0.1) is 0 Å². The first kappa shape index (κ1) is 20.0. The van der Waals surface area contributed by atoms with Gasteiger partial charge in [-0.2, -0.15) is 0 Å². The number of benzene rings is 2. The number of halogens is 2. The van der Waals surface area contributed by atoms with Gasteiger partial charge in [-0.1, -0.05) is 24.3 Å². The second-order valence-electron chi connectivity index (χ2n) is 7.91. The molecule has 0 radical (unpaired) electrons. The number of ether oxygens (including phenoxy) is 2. The third-order valence-electron chi connectivity index (χ3n) is 6.34. The Morgan fingerprint density at radius 2 is 1.55 bits per heavy atom. The van der Waals surface area contributed by atoms with E-state index in [4.69, 9.17) is 9.47 Å². The van der Waals surface area contributed by atoms with E-state index in [9.17, 15) is 13.6 Å². The van der Waals surface area contributed by atoms with Gasteiger partial charge in [0.05, 0.1) is 19.1 Å². The Morgan fingerprint density at radius 1 is 1.00 bits per heavy atom. The number of methoxy groups -OCH3 is 1. The Labute approximate surface area is 169 Å². The predicted octanol–water partition coefficient (Wildman–Crippen LogP) is 4.10. The third-order valence-corrected chi connectivity index (χ3v) is 6.34. The van der Waals surface area contributed by atoms with Crippen molar-refractivity contribution in [2.24, 2.45) is 5.92 Å². The Bertz CT molecular complexity index is 810. The summed E-state index contributed by atoms with van der Waals surface area (Å²) in [7, 11) is 3.45. The van der Waals surface area contributed by atoms with Crippen LogP contribution < -0.4 is 0 Å². The van der Waals surface area contributed by atoms with Crippen LogP contribution in [0.15, 0.2) is 48.5 Å². The lowest BCUT2D eigenvalue weighted by Crippen LogP contribution is -2.53. The summed E-state index contributed by atoms with van der Waals surface area (Å²) < 4.78 is 38.6. The number of piperidine rings is 1. The van der Waals surface area contributed by atoms with Crippen LogP contribution in [0.5, 0.6) is 0 Å². The first-order chi connectivity index (χ1) is 14.0. The maximum atomic E-state index is 13.5. The number of hydrogen-bond donors (Lipinski definition) is 0. The van der Waals surface area contributed by atoms with Gasteiger partial charge < -0.3 is 9.47 Å². The standard InChI is InChI=1S/C23H25F2NO3/c1-26-18-11-12-19(26)21(23(27)28-2)20(13-18)29-22(14-3-7-16(24)8-4-14)15-5-9-17(25)10-6-15/h3-10,18-22H,11-13H2,1-2H3/t18-,19?,20+,21?/m1/s1. The number of nitrogens with zero attached hydrogens (tertiary/aromatic N) is 1. The van der Waals surface area contributed by atoms with Crippen molar-refractivity contribution >= 4 is 5.97 Å². The molecule has 0 aromatic heterocycles. The molecule has 2 aromatic rings. The normalized spacial score (nSPS) is 26.7. The molecule has 4 atom stereocenters. The van der Waals surface area contributed by atoms with Crippen LogP contribution in [0.1, 0.15) is 36.5 Å². The molecule has 6 heteroatoms. The largest absolute Gasteiger partial charge is 0.469 e. The van der Waals surface area contributed by atoms with Crippen LogP contribution in [0, 0.1) is 17.6 Å². The van der Waals surface area contributed by atoms with Gasteiger partial charge in [-0.3, -0.25) is 9.69 Å².